The summed E-state index contributed by atoms with van der Waals surface area (Å²) in [5.74, 6) is 0. The van der Waals surface area contributed by atoms with E-state index in [2.05, 4.69) is 144 Å². The second-order valence-electron chi connectivity index (χ2n) is 11.0. The summed E-state index contributed by atoms with van der Waals surface area (Å²) >= 11 is 1.86. The van der Waals surface area contributed by atoms with Crippen LogP contribution >= 0.6 is 11.3 Å². The van der Waals surface area contributed by atoms with Crippen molar-refractivity contribution in [1.82, 2.24) is 0 Å². The second kappa shape index (κ2) is 9.59. The first kappa shape index (κ1) is 24.2. The maximum Gasteiger partial charge on any atom is 0.135 e. The number of furan rings is 1. The van der Waals surface area contributed by atoms with Crippen LogP contribution in [0.1, 0.15) is 0 Å². The third-order valence-corrected chi connectivity index (χ3v) is 9.56. The van der Waals surface area contributed by atoms with Gasteiger partial charge >= 0.3 is 0 Å². The lowest BCUT2D eigenvalue weighted by Gasteiger charge is -2.26. The predicted molar refractivity (Wildman–Crippen MR) is 184 cm³/mol. The molecule has 0 bridgehead atoms. The van der Waals surface area contributed by atoms with Gasteiger partial charge in [0.1, 0.15) is 11.2 Å². The minimum atomic E-state index is 0.898. The van der Waals surface area contributed by atoms with Crippen LogP contribution in [0.2, 0.25) is 0 Å². The van der Waals surface area contributed by atoms with Crippen molar-refractivity contribution < 1.29 is 4.42 Å². The van der Waals surface area contributed by atoms with E-state index in [-0.39, 0.29) is 0 Å². The summed E-state index contributed by atoms with van der Waals surface area (Å²) in [4.78, 5) is 2.35. The first-order valence-corrected chi connectivity index (χ1v) is 15.3. The van der Waals surface area contributed by atoms with E-state index in [1.54, 1.807) is 0 Å². The SMILES string of the molecule is c1ccc(-c2ccc(N(c3ccc4cc5c(cc4c3)sc3ccccc35)c3ccc4oc5ccccc5c4c3)cc2)cc1. The Morgan fingerprint density at radius 2 is 1.07 bits per heavy atom. The van der Waals surface area contributed by atoms with Gasteiger partial charge in [-0.05, 0) is 88.6 Å². The van der Waals surface area contributed by atoms with Crippen LogP contribution in [0.5, 0.6) is 0 Å². The summed E-state index contributed by atoms with van der Waals surface area (Å²) in [5, 5.41) is 7.38. The van der Waals surface area contributed by atoms with Crippen LogP contribution in [0.3, 0.4) is 0 Å². The average molecular weight is 568 g/mol. The van der Waals surface area contributed by atoms with Crippen LogP contribution in [0, 0.1) is 0 Å². The number of thiophene rings is 1. The number of hydrogen-bond acceptors (Lipinski definition) is 3. The molecule has 0 N–H and O–H groups in total. The molecule has 7 aromatic carbocycles. The second-order valence-corrected chi connectivity index (χ2v) is 12.1. The van der Waals surface area contributed by atoms with E-state index in [1.807, 2.05) is 23.5 Å². The Hall–Kier alpha value is -5.38. The van der Waals surface area contributed by atoms with E-state index in [9.17, 15) is 0 Å². The van der Waals surface area contributed by atoms with Crippen LogP contribution in [0.4, 0.5) is 17.1 Å². The average Bonchev–Trinajstić information content (AvgIpc) is 3.62. The fourth-order valence-electron chi connectivity index (χ4n) is 6.33. The molecule has 2 heterocycles. The van der Waals surface area contributed by atoms with E-state index in [4.69, 9.17) is 4.42 Å². The number of nitrogens with zero attached hydrogens (tertiary/aromatic N) is 1. The number of para-hydroxylation sites is 1. The van der Waals surface area contributed by atoms with Crippen LogP contribution in [0.25, 0.3) is 64.0 Å². The lowest BCUT2D eigenvalue weighted by atomic mass is 10.0. The molecule has 202 valence electrons. The molecule has 0 fully saturated rings. The monoisotopic (exact) mass is 567 g/mol. The number of benzene rings is 7. The highest BCUT2D eigenvalue weighted by Crippen LogP contribution is 2.42. The largest absolute Gasteiger partial charge is 0.456 e. The molecule has 0 amide bonds. The first-order chi connectivity index (χ1) is 21.3. The van der Waals surface area contributed by atoms with E-state index in [1.165, 1.54) is 42.1 Å². The lowest BCUT2D eigenvalue weighted by Crippen LogP contribution is -2.09. The topological polar surface area (TPSA) is 16.4 Å². The summed E-state index contributed by atoms with van der Waals surface area (Å²) in [6, 6.07) is 54.4. The Morgan fingerprint density at radius 3 is 1.95 bits per heavy atom. The van der Waals surface area contributed by atoms with Crippen LogP contribution < -0.4 is 4.90 Å². The Morgan fingerprint density at radius 1 is 0.395 bits per heavy atom. The molecule has 0 unspecified atom stereocenters. The van der Waals surface area contributed by atoms with Gasteiger partial charge in [-0.15, -0.1) is 11.3 Å². The fraction of sp³-hybridized carbons (Fsp3) is 0. The highest BCUT2D eigenvalue weighted by molar-refractivity contribution is 7.25. The van der Waals surface area contributed by atoms with Crippen molar-refractivity contribution in [2.75, 3.05) is 4.90 Å². The van der Waals surface area contributed by atoms with Gasteiger partial charge < -0.3 is 9.32 Å². The predicted octanol–water partition coefficient (Wildman–Crippen LogP) is 12.2. The minimum Gasteiger partial charge on any atom is -0.456 e. The zero-order chi connectivity index (χ0) is 28.3. The summed E-state index contributed by atoms with van der Waals surface area (Å²) in [5.41, 5.74) is 7.54. The minimum absolute atomic E-state index is 0.898. The molecule has 9 rings (SSSR count). The molecular weight excluding hydrogens is 543 g/mol. The summed E-state index contributed by atoms with van der Waals surface area (Å²) in [7, 11) is 0. The van der Waals surface area contributed by atoms with Crippen LogP contribution in [-0.4, -0.2) is 0 Å². The van der Waals surface area contributed by atoms with Gasteiger partial charge in [-0.2, -0.15) is 0 Å². The highest BCUT2D eigenvalue weighted by Gasteiger charge is 2.17. The maximum absolute atomic E-state index is 6.17. The molecule has 0 saturated carbocycles. The van der Waals surface area contributed by atoms with E-state index in [0.29, 0.717) is 0 Å². The Kier molecular flexibility index (Phi) is 5.40. The zero-order valence-electron chi connectivity index (χ0n) is 23.2. The van der Waals surface area contributed by atoms with Crippen molar-refractivity contribution in [3.05, 3.63) is 152 Å². The van der Waals surface area contributed by atoms with E-state index >= 15 is 0 Å². The fourth-order valence-corrected chi connectivity index (χ4v) is 7.46. The third kappa shape index (κ3) is 4.01. The van der Waals surface area contributed by atoms with Crippen LogP contribution in [0.15, 0.2) is 156 Å². The zero-order valence-corrected chi connectivity index (χ0v) is 24.0. The Labute approximate surface area is 252 Å². The molecule has 3 heteroatoms. The molecule has 43 heavy (non-hydrogen) atoms. The molecule has 0 saturated heterocycles. The first-order valence-electron chi connectivity index (χ1n) is 14.5. The van der Waals surface area contributed by atoms with Crippen molar-refractivity contribution in [3.8, 4) is 11.1 Å². The van der Waals surface area contributed by atoms with Crippen molar-refractivity contribution in [1.29, 1.82) is 0 Å². The van der Waals surface area contributed by atoms with Gasteiger partial charge in [0.15, 0.2) is 0 Å². The number of fused-ring (bicyclic) bond motifs is 7. The van der Waals surface area contributed by atoms with Crippen LogP contribution in [-0.2, 0) is 0 Å². The molecule has 2 nitrogen and oxygen atoms in total. The Bertz CT molecular complexity index is 2450. The molecular formula is C40H25NOS. The normalized spacial score (nSPS) is 11.7. The molecule has 0 atom stereocenters. The van der Waals surface area contributed by atoms with Gasteiger partial charge in [-0.3, -0.25) is 0 Å². The van der Waals surface area contributed by atoms with Crippen molar-refractivity contribution in [2.24, 2.45) is 0 Å². The molecule has 0 aliphatic heterocycles. The lowest BCUT2D eigenvalue weighted by molar-refractivity contribution is 0.669. The molecule has 9 aromatic rings. The van der Waals surface area contributed by atoms with Crippen molar-refractivity contribution in [2.45, 2.75) is 0 Å². The maximum atomic E-state index is 6.17. The smallest absolute Gasteiger partial charge is 0.135 e. The van der Waals surface area contributed by atoms with E-state index < -0.39 is 0 Å². The van der Waals surface area contributed by atoms with E-state index in [0.717, 1.165) is 39.0 Å². The Balaban J connectivity index is 1.23. The highest BCUT2D eigenvalue weighted by atomic mass is 32.1. The number of anilines is 3. The molecule has 0 aliphatic rings. The number of hydrogen-bond donors (Lipinski definition) is 0. The third-order valence-electron chi connectivity index (χ3n) is 8.43. The van der Waals surface area contributed by atoms with Gasteiger partial charge in [0.2, 0.25) is 0 Å². The number of rotatable bonds is 4. The summed E-state index contributed by atoms with van der Waals surface area (Å²) < 4.78 is 8.81. The summed E-state index contributed by atoms with van der Waals surface area (Å²) in [6.45, 7) is 0. The van der Waals surface area contributed by atoms with Crippen molar-refractivity contribution in [3.63, 3.8) is 0 Å². The standard InChI is InChI=1S/C40H25NOS/c1-2-8-26(9-3-1)27-14-17-30(18-15-27)41(32-20-21-38-35(25-32)33-10-4-6-12-37(33)42-38)31-19-16-28-23-36-34-11-5-7-13-39(34)43-40(36)24-29(28)22-31/h1-25H. The van der Waals surface area contributed by atoms with Gasteiger partial charge in [-0.25, -0.2) is 0 Å². The molecule has 2 aromatic heterocycles. The van der Waals surface area contributed by atoms with Gasteiger partial charge in [0.25, 0.3) is 0 Å². The van der Waals surface area contributed by atoms with Gasteiger partial charge in [0.05, 0.1) is 0 Å². The molecule has 0 aliphatic carbocycles. The van der Waals surface area contributed by atoms with Gasteiger partial charge in [0, 0.05) is 48.0 Å². The van der Waals surface area contributed by atoms with Crippen molar-refractivity contribution >= 4 is 81.3 Å². The quantitative estimate of drug-likeness (QED) is 0.210. The molecule has 0 radical (unpaired) electrons. The summed E-state index contributed by atoms with van der Waals surface area (Å²) in [6.07, 6.45) is 0. The van der Waals surface area contributed by atoms with Gasteiger partial charge in [-0.1, -0.05) is 84.9 Å². The molecule has 0 spiro atoms.